The fraction of sp³-hybridized carbons (Fsp3) is 0.167. The van der Waals surface area contributed by atoms with Crippen molar-refractivity contribution in [2.24, 2.45) is 0 Å². The number of fused-ring (bicyclic) bond motifs is 1. The minimum atomic E-state index is 0.493. The molecule has 1 saturated carbocycles. The Kier molecular flexibility index (Phi) is 2.40. The van der Waals surface area contributed by atoms with Crippen LogP contribution in [0.4, 0.5) is 0 Å². The summed E-state index contributed by atoms with van der Waals surface area (Å²) >= 11 is 0. The van der Waals surface area contributed by atoms with Crippen molar-refractivity contribution in [3.8, 4) is 17.2 Å². The van der Waals surface area contributed by atoms with Crippen molar-refractivity contribution in [1.82, 2.24) is 0 Å². The van der Waals surface area contributed by atoms with Crippen LogP contribution >= 0.6 is 0 Å². The third-order valence-electron chi connectivity index (χ3n) is 3.92. The molecule has 2 heteroatoms. The van der Waals surface area contributed by atoms with Crippen molar-refractivity contribution in [3.05, 3.63) is 59.9 Å². The van der Waals surface area contributed by atoms with Crippen LogP contribution in [0.15, 0.2) is 52.9 Å². The molecule has 0 atom stereocenters. The molecular formula is C18H13NO. The molecule has 4 rings (SSSR count). The molecule has 96 valence electrons. The molecule has 0 saturated heterocycles. The molecule has 0 aliphatic heterocycles. The van der Waals surface area contributed by atoms with Crippen LogP contribution in [0.25, 0.3) is 22.1 Å². The van der Waals surface area contributed by atoms with Gasteiger partial charge in [0, 0.05) is 10.9 Å². The first-order valence-corrected chi connectivity index (χ1v) is 6.89. The highest BCUT2D eigenvalue weighted by Crippen LogP contribution is 2.46. The normalized spacial score (nSPS) is 14.3. The zero-order valence-corrected chi connectivity index (χ0v) is 11.0. The molecule has 1 heterocycles. The fourth-order valence-electron chi connectivity index (χ4n) is 2.79. The molecule has 20 heavy (non-hydrogen) atoms. The fourth-order valence-corrected chi connectivity index (χ4v) is 2.79. The highest BCUT2D eigenvalue weighted by atomic mass is 16.3. The van der Waals surface area contributed by atoms with E-state index in [1.165, 1.54) is 24.0 Å². The molecule has 1 aliphatic carbocycles. The third kappa shape index (κ3) is 1.71. The first kappa shape index (κ1) is 11.3. The van der Waals surface area contributed by atoms with Gasteiger partial charge in [-0.25, -0.2) is 0 Å². The third-order valence-corrected chi connectivity index (χ3v) is 3.92. The summed E-state index contributed by atoms with van der Waals surface area (Å²) in [6.45, 7) is 0. The summed E-state index contributed by atoms with van der Waals surface area (Å²) in [7, 11) is 0. The molecule has 1 aliphatic rings. The first-order chi connectivity index (χ1) is 9.86. The summed E-state index contributed by atoms with van der Waals surface area (Å²) in [5, 5.41) is 10.3. The van der Waals surface area contributed by atoms with Gasteiger partial charge in [-0.1, -0.05) is 36.4 Å². The van der Waals surface area contributed by atoms with Crippen LogP contribution in [-0.4, -0.2) is 0 Å². The molecule has 3 aromatic rings. The molecule has 0 amide bonds. The Hall–Kier alpha value is -2.53. The molecule has 1 aromatic heterocycles. The predicted molar refractivity (Wildman–Crippen MR) is 78.3 cm³/mol. The van der Waals surface area contributed by atoms with Crippen molar-refractivity contribution < 1.29 is 4.42 Å². The molecule has 0 unspecified atom stereocenters. The highest BCUT2D eigenvalue weighted by molar-refractivity contribution is 5.88. The molecule has 2 aromatic carbocycles. The van der Waals surface area contributed by atoms with E-state index in [0.29, 0.717) is 11.7 Å². The van der Waals surface area contributed by atoms with E-state index in [2.05, 4.69) is 30.3 Å². The lowest BCUT2D eigenvalue weighted by atomic mass is 10.0. The molecule has 1 fully saturated rings. The largest absolute Gasteiger partial charge is 0.445 e. The Morgan fingerprint density at radius 3 is 2.50 bits per heavy atom. The van der Waals surface area contributed by atoms with E-state index in [1.54, 1.807) is 0 Å². The quantitative estimate of drug-likeness (QED) is 0.659. The first-order valence-electron chi connectivity index (χ1n) is 6.89. The van der Waals surface area contributed by atoms with Gasteiger partial charge in [0.2, 0.25) is 5.76 Å². The maximum atomic E-state index is 9.24. The van der Waals surface area contributed by atoms with Crippen LogP contribution in [0, 0.1) is 11.3 Å². The van der Waals surface area contributed by atoms with E-state index in [-0.39, 0.29) is 0 Å². The number of furan rings is 1. The number of benzene rings is 2. The van der Waals surface area contributed by atoms with E-state index < -0.39 is 0 Å². The van der Waals surface area contributed by atoms with E-state index in [9.17, 15) is 5.26 Å². The maximum absolute atomic E-state index is 9.24. The molecular weight excluding hydrogens is 246 g/mol. The highest BCUT2D eigenvalue weighted by Gasteiger charge is 2.31. The topological polar surface area (TPSA) is 36.9 Å². The Bertz CT molecular complexity index is 820. The second kappa shape index (κ2) is 4.25. The number of nitrogens with zero attached hydrogens (tertiary/aromatic N) is 1. The predicted octanol–water partition coefficient (Wildman–Crippen LogP) is 4.85. The van der Waals surface area contributed by atoms with Crippen molar-refractivity contribution >= 4 is 11.0 Å². The lowest BCUT2D eigenvalue weighted by Crippen LogP contribution is -1.82. The summed E-state index contributed by atoms with van der Waals surface area (Å²) in [6.07, 6.45) is 2.33. The average molecular weight is 259 g/mol. The second-order valence-corrected chi connectivity index (χ2v) is 5.31. The smallest absolute Gasteiger partial charge is 0.208 e. The Morgan fingerprint density at radius 1 is 1.00 bits per heavy atom. The number of rotatable bonds is 2. The molecule has 2 nitrogen and oxygen atoms in total. The maximum Gasteiger partial charge on any atom is 0.208 e. The van der Waals surface area contributed by atoms with Gasteiger partial charge < -0.3 is 4.42 Å². The number of nitriles is 1. The Labute approximate surface area is 117 Å². The van der Waals surface area contributed by atoms with Gasteiger partial charge in [0.05, 0.1) is 0 Å². The standard InChI is InChI=1S/C18H13NO/c19-11-17-18(13-6-7-13)15-10-14(8-9-16(15)20-17)12-4-2-1-3-5-12/h1-5,8-10,13H,6-7H2. The van der Waals surface area contributed by atoms with Gasteiger partial charge in [-0.3, -0.25) is 0 Å². The summed E-state index contributed by atoms with van der Waals surface area (Å²) in [4.78, 5) is 0. The number of hydrogen-bond acceptors (Lipinski definition) is 2. The van der Waals surface area contributed by atoms with Crippen LogP contribution in [0.2, 0.25) is 0 Å². The van der Waals surface area contributed by atoms with Crippen molar-refractivity contribution in [2.75, 3.05) is 0 Å². The lowest BCUT2D eigenvalue weighted by molar-refractivity contribution is 0.594. The van der Waals surface area contributed by atoms with E-state index in [0.717, 1.165) is 16.5 Å². The van der Waals surface area contributed by atoms with Crippen LogP contribution in [0.1, 0.15) is 30.1 Å². The van der Waals surface area contributed by atoms with Gasteiger partial charge in [-0.05, 0) is 42.0 Å². The Balaban J connectivity index is 1.95. The van der Waals surface area contributed by atoms with E-state index in [1.807, 2.05) is 24.3 Å². The van der Waals surface area contributed by atoms with Crippen molar-refractivity contribution in [2.45, 2.75) is 18.8 Å². The minimum Gasteiger partial charge on any atom is -0.445 e. The van der Waals surface area contributed by atoms with Gasteiger partial charge in [0.25, 0.3) is 0 Å². The molecule has 0 bridgehead atoms. The molecule has 0 spiro atoms. The van der Waals surface area contributed by atoms with Gasteiger partial charge in [-0.15, -0.1) is 0 Å². The van der Waals surface area contributed by atoms with E-state index >= 15 is 0 Å². The van der Waals surface area contributed by atoms with Gasteiger partial charge in [0.15, 0.2) is 0 Å². The van der Waals surface area contributed by atoms with Crippen LogP contribution in [0.3, 0.4) is 0 Å². The van der Waals surface area contributed by atoms with Crippen LogP contribution in [0.5, 0.6) is 0 Å². The SMILES string of the molecule is N#Cc1oc2ccc(-c3ccccc3)cc2c1C1CC1. The zero-order valence-electron chi connectivity index (χ0n) is 11.0. The van der Waals surface area contributed by atoms with Gasteiger partial charge in [-0.2, -0.15) is 5.26 Å². The van der Waals surface area contributed by atoms with Gasteiger partial charge >= 0.3 is 0 Å². The van der Waals surface area contributed by atoms with E-state index in [4.69, 9.17) is 4.42 Å². The summed E-state index contributed by atoms with van der Waals surface area (Å²) in [5.74, 6) is 1.00. The summed E-state index contributed by atoms with van der Waals surface area (Å²) < 4.78 is 5.68. The monoisotopic (exact) mass is 259 g/mol. The van der Waals surface area contributed by atoms with Gasteiger partial charge in [0.1, 0.15) is 11.7 Å². The van der Waals surface area contributed by atoms with Crippen LogP contribution < -0.4 is 0 Å². The molecule has 0 N–H and O–H groups in total. The number of hydrogen-bond donors (Lipinski definition) is 0. The zero-order chi connectivity index (χ0) is 13.5. The summed E-state index contributed by atoms with van der Waals surface area (Å²) in [6, 6.07) is 18.7. The molecule has 0 radical (unpaired) electrons. The van der Waals surface area contributed by atoms with Crippen molar-refractivity contribution in [1.29, 1.82) is 5.26 Å². The Morgan fingerprint density at radius 2 is 1.80 bits per heavy atom. The minimum absolute atomic E-state index is 0.493. The second-order valence-electron chi connectivity index (χ2n) is 5.31. The van der Waals surface area contributed by atoms with Crippen molar-refractivity contribution in [3.63, 3.8) is 0 Å². The summed E-state index contributed by atoms with van der Waals surface area (Å²) in [5.41, 5.74) is 4.30. The lowest BCUT2D eigenvalue weighted by Gasteiger charge is -2.02. The van der Waals surface area contributed by atoms with Crippen LogP contribution in [-0.2, 0) is 0 Å². The average Bonchev–Trinajstić information content (AvgIpc) is 3.27.